The van der Waals surface area contributed by atoms with Crippen molar-refractivity contribution in [2.24, 2.45) is 0 Å². The molecule has 0 aliphatic heterocycles. The summed E-state index contributed by atoms with van der Waals surface area (Å²) in [6.07, 6.45) is 0. The summed E-state index contributed by atoms with van der Waals surface area (Å²) in [5.41, 5.74) is 1.90. The number of hydrogen-bond donors (Lipinski definition) is 0. The molecule has 0 spiro atoms. The Hall–Kier alpha value is -2.89. The van der Waals surface area contributed by atoms with Gasteiger partial charge in [0, 0.05) is 12.1 Å². The summed E-state index contributed by atoms with van der Waals surface area (Å²) in [6, 6.07) is 11.6. The summed E-state index contributed by atoms with van der Waals surface area (Å²) in [7, 11) is 1.21. The number of nitro benzene ring substituents is 1. The number of hydrogen-bond acceptors (Lipinski definition) is 5. The molecule has 0 bridgehead atoms. The Morgan fingerprint density at radius 2 is 1.86 bits per heavy atom. The number of rotatable bonds is 5. The molecular formula is C16H15NO5. The van der Waals surface area contributed by atoms with Crippen molar-refractivity contribution in [3.63, 3.8) is 0 Å². The second kappa shape index (κ2) is 6.71. The van der Waals surface area contributed by atoms with E-state index in [0.29, 0.717) is 0 Å². The number of non-ortho nitro benzene ring substituents is 1. The first kappa shape index (κ1) is 15.5. The summed E-state index contributed by atoms with van der Waals surface area (Å²) in [5.74, 6) is -0.430. The summed E-state index contributed by atoms with van der Waals surface area (Å²) >= 11 is 0. The number of aryl methyl sites for hydroxylation is 1. The maximum absolute atomic E-state index is 11.7. The summed E-state index contributed by atoms with van der Waals surface area (Å²) in [4.78, 5) is 22.0. The van der Waals surface area contributed by atoms with E-state index in [1.807, 2.05) is 31.2 Å². The zero-order valence-corrected chi connectivity index (χ0v) is 12.2. The normalized spacial score (nSPS) is 10.1. The average Bonchev–Trinajstić information content (AvgIpc) is 2.53. The van der Waals surface area contributed by atoms with Crippen molar-refractivity contribution in [2.75, 3.05) is 7.11 Å². The highest BCUT2D eigenvalue weighted by Gasteiger charge is 2.18. The van der Waals surface area contributed by atoms with Gasteiger partial charge in [0.05, 0.1) is 12.0 Å². The van der Waals surface area contributed by atoms with E-state index in [9.17, 15) is 14.9 Å². The van der Waals surface area contributed by atoms with Crippen molar-refractivity contribution in [3.8, 4) is 5.75 Å². The van der Waals surface area contributed by atoms with Crippen molar-refractivity contribution in [3.05, 3.63) is 69.3 Å². The Bertz CT molecular complexity index is 694. The fourth-order valence-electron chi connectivity index (χ4n) is 1.87. The third-order valence-corrected chi connectivity index (χ3v) is 3.09. The molecule has 2 aromatic rings. The molecule has 0 aliphatic carbocycles. The first-order valence-corrected chi connectivity index (χ1v) is 6.56. The molecule has 22 heavy (non-hydrogen) atoms. The summed E-state index contributed by atoms with van der Waals surface area (Å²) in [5, 5.41) is 10.8. The average molecular weight is 301 g/mol. The molecular weight excluding hydrogens is 286 g/mol. The predicted octanol–water partition coefficient (Wildman–Crippen LogP) is 3.27. The smallest absolute Gasteiger partial charge is 0.341 e. The van der Waals surface area contributed by atoms with Crippen LogP contribution in [-0.2, 0) is 11.3 Å². The van der Waals surface area contributed by atoms with Crippen LogP contribution in [0.15, 0.2) is 42.5 Å². The van der Waals surface area contributed by atoms with E-state index in [0.717, 1.165) is 17.2 Å². The van der Waals surface area contributed by atoms with Gasteiger partial charge in [-0.2, -0.15) is 0 Å². The topological polar surface area (TPSA) is 78.7 Å². The van der Waals surface area contributed by atoms with Crippen LogP contribution in [0.3, 0.4) is 0 Å². The Labute approximate surface area is 127 Å². The van der Waals surface area contributed by atoms with Crippen LogP contribution in [0.5, 0.6) is 5.75 Å². The molecule has 6 nitrogen and oxygen atoms in total. The lowest BCUT2D eigenvalue weighted by Gasteiger charge is -2.10. The highest BCUT2D eigenvalue weighted by atomic mass is 16.6. The van der Waals surface area contributed by atoms with Crippen LogP contribution in [-0.4, -0.2) is 18.0 Å². The molecule has 2 rings (SSSR count). The van der Waals surface area contributed by atoms with Crippen LogP contribution in [0.2, 0.25) is 0 Å². The fraction of sp³-hybridized carbons (Fsp3) is 0.188. The Morgan fingerprint density at radius 3 is 2.45 bits per heavy atom. The number of esters is 1. The lowest BCUT2D eigenvalue weighted by atomic mass is 10.1. The number of carbonyl (C=O) groups excluding carboxylic acids is 1. The zero-order valence-electron chi connectivity index (χ0n) is 12.2. The molecule has 0 unspecified atom stereocenters. The molecule has 0 N–H and O–H groups in total. The molecule has 0 amide bonds. The number of benzene rings is 2. The Kier molecular flexibility index (Phi) is 4.73. The number of methoxy groups -OCH3 is 1. The maximum atomic E-state index is 11.7. The van der Waals surface area contributed by atoms with Crippen molar-refractivity contribution in [2.45, 2.75) is 13.5 Å². The molecule has 2 aromatic carbocycles. The third-order valence-electron chi connectivity index (χ3n) is 3.09. The van der Waals surface area contributed by atoms with Gasteiger partial charge in [0.2, 0.25) is 0 Å². The largest absolute Gasteiger partial charge is 0.488 e. The van der Waals surface area contributed by atoms with Gasteiger partial charge in [-0.15, -0.1) is 0 Å². The third kappa shape index (κ3) is 3.60. The number of ether oxygens (including phenoxy) is 2. The minimum atomic E-state index is -0.678. The first-order chi connectivity index (χ1) is 10.5. The molecule has 0 radical (unpaired) electrons. The van der Waals surface area contributed by atoms with Crippen LogP contribution in [0.25, 0.3) is 0 Å². The second-order valence-corrected chi connectivity index (χ2v) is 4.70. The molecule has 6 heteroatoms. The van der Waals surface area contributed by atoms with Crippen LogP contribution < -0.4 is 4.74 Å². The standard InChI is InChI=1S/C16H15NO5/c1-11-3-5-12(6-4-11)10-22-15-8-7-13(17(19)20)9-14(15)16(18)21-2/h3-9H,10H2,1-2H3. The van der Waals surface area contributed by atoms with Gasteiger partial charge < -0.3 is 9.47 Å². The molecule has 0 saturated heterocycles. The van der Waals surface area contributed by atoms with Gasteiger partial charge in [-0.3, -0.25) is 10.1 Å². The van der Waals surface area contributed by atoms with Gasteiger partial charge in [0.15, 0.2) is 0 Å². The molecule has 0 saturated carbocycles. The predicted molar refractivity (Wildman–Crippen MR) is 79.9 cm³/mol. The number of nitrogens with zero attached hydrogens (tertiary/aromatic N) is 1. The highest BCUT2D eigenvalue weighted by molar-refractivity contribution is 5.93. The van der Waals surface area contributed by atoms with Gasteiger partial charge in [-0.05, 0) is 18.6 Å². The first-order valence-electron chi connectivity index (χ1n) is 6.56. The second-order valence-electron chi connectivity index (χ2n) is 4.70. The fourth-order valence-corrected chi connectivity index (χ4v) is 1.87. The summed E-state index contributed by atoms with van der Waals surface area (Å²) in [6.45, 7) is 2.23. The van der Waals surface area contributed by atoms with Gasteiger partial charge in [-0.1, -0.05) is 29.8 Å². The lowest BCUT2D eigenvalue weighted by molar-refractivity contribution is -0.384. The number of carbonyl (C=O) groups is 1. The van der Waals surface area contributed by atoms with Gasteiger partial charge >= 0.3 is 5.97 Å². The Balaban J connectivity index is 2.23. The van der Waals surface area contributed by atoms with Gasteiger partial charge in [0.1, 0.15) is 17.9 Å². The minimum absolute atomic E-state index is 0.0313. The minimum Gasteiger partial charge on any atom is -0.488 e. The molecule has 0 aliphatic rings. The van der Waals surface area contributed by atoms with Crippen molar-refractivity contribution in [1.82, 2.24) is 0 Å². The zero-order chi connectivity index (χ0) is 16.1. The number of nitro groups is 1. The van der Waals surface area contributed by atoms with Crippen molar-refractivity contribution >= 4 is 11.7 Å². The van der Waals surface area contributed by atoms with Crippen molar-refractivity contribution < 1.29 is 19.2 Å². The van der Waals surface area contributed by atoms with E-state index >= 15 is 0 Å². The van der Waals surface area contributed by atoms with E-state index in [1.54, 1.807) is 0 Å². The molecule has 0 fully saturated rings. The SMILES string of the molecule is COC(=O)c1cc([N+](=O)[O-])ccc1OCc1ccc(C)cc1. The van der Waals surface area contributed by atoms with Gasteiger partial charge in [-0.25, -0.2) is 4.79 Å². The molecule has 0 atom stereocenters. The molecule has 0 aromatic heterocycles. The van der Waals surface area contributed by atoms with Crippen LogP contribution >= 0.6 is 0 Å². The lowest BCUT2D eigenvalue weighted by Crippen LogP contribution is -2.06. The van der Waals surface area contributed by atoms with E-state index in [-0.39, 0.29) is 23.6 Å². The van der Waals surface area contributed by atoms with Crippen LogP contribution in [0, 0.1) is 17.0 Å². The van der Waals surface area contributed by atoms with Crippen LogP contribution in [0.1, 0.15) is 21.5 Å². The van der Waals surface area contributed by atoms with Gasteiger partial charge in [0.25, 0.3) is 5.69 Å². The van der Waals surface area contributed by atoms with Crippen molar-refractivity contribution in [1.29, 1.82) is 0 Å². The van der Waals surface area contributed by atoms with E-state index in [4.69, 9.17) is 4.74 Å². The molecule has 114 valence electrons. The van der Waals surface area contributed by atoms with E-state index < -0.39 is 10.9 Å². The summed E-state index contributed by atoms with van der Waals surface area (Å²) < 4.78 is 10.2. The maximum Gasteiger partial charge on any atom is 0.341 e. The molecule has 0 heterocycles. The Morgan fingerprint density at radius 1 is 1.18 bits per heavy atom. The van der Waals surface area contributed by atoms with E-state index in [1.165, 1.54) is 19.2 Å². The quantitative estimate of drug-likeness (QED) is 0.481. The van der Waals surface area contributed by atoms with Crippen LogP contribution in [0.4, 0.5) is 5.69 Å². The monoisotopic (exact) mass is 301 g/mol. The van der Waals surface area contributed by atoms with E-state index in [2.05, 4.69) is 4.74 Å². The highest BCUT2D eigenvalue weighted by Crippen LogP contribution is 2.25.